The molecule has 1 unspecified atom stereocenters. The van der Waals surface area contributed by atoms with Gasteiger partial charge in [-0.25, -0.2) is 0 Å². The number of para-hydroxylation sites is 2. The number of rotatable bonds is 8. The van der Waals surface area contributed by atoms with Gasteiger partial charge in [0, 0.05) is 44.3 Å². The first kappa shape index (κ1) is 23.4. The van der Waals surface area contributed by atoms with E-state index in [1.807, 2.05) is 54.6 Å². The van der Waals surface area contributed by atoms with Gasteiger partial charge in [0.15, 0.2) is 5.96 Å². The molecule has 0 saturated carbocycles. The molecular formula is C22H30IN3O3. The van der Waals surface area contributed by atoms with E-state index in [1.165, 1.54) is 0 Å². The number of hydrogen-bond donors (Lipinski definition) is 3. The van der Waals surface area contributed by atoms with Crippen molar-refractivity contribution in [3.8, 4) is 11.5 Å². The Kier molecular flexibility index (Phi) is 9.69. The minimum absolute atomic E-state index is 0. The smallest absolute Gasteiger partial charge is 0.191 e. The van der Waals surface area contributed by atoms with E-state index >= 15 is 0 Å². The van der Waals surface area contributed by atoms with Crippen LogP contribution in [-0.2, 0) is 11.3 Å². The third-order valence-corrected chi connectivity index (χ3v) is 5.07. The Morgan fingerprint density at radius 1 is 1.14 bits per heavy atom. The maximum Gasteiger partial charge on any atom is 0.191 e. The molecule has 1 heterocycles. The van der Waals surface area contributed by atoms with Crippen molar-refractivity contribution in [3.63, 3.8) is 0 Å². The third kappa shape index (κ3) is 6.87. The van der Waals surface area contributed by atoms with Crippen LogP contribution in [0, 0.1) is 5.41 Å². The molecule has 0 radical (unpaired) electrons. The number of ether oxygens (including phenoxy) is 2. The van der Waals surface area contributed by atoms with E-state index in [4.69, 9.17) is 9.47 Å². The minimum Gasteiger partial charge on any atom is -0.457 e. The molecule has 0 aromatic heterocycles. The number of aliphatic imine (C=N–C) groups is 1. The van der Waals surface area contributed by atoms with E-state index in [-0.39, 0.29) is 36.0 Å². The van der Waals surface area contributed by atoms with Crippen molar-refractivity contribution >= 4 is 29.9 Å². The lowest BCUT2D eigenvalue weighted by Crippen LogP contribution is -2.44. The summed E-state index contributed by atoms with van der Waals surface area (Å²) in [4.78, 5) is 4.32. The van der Waals surface area contributed by atoms with Gasteiger partial charge in [-0.2, -0.15) is 0 Å². The second kappa shape index (κ2) is 12.0. The first-order chi connectivity index (χ1) is 13.7. The van der Waals surface area contributed by atoms with Gasteiger partial charge in [-0.3, -0.25) is 4.99 Å². The zero-order valence-corrected chi connectivity index (χ0v) is 19.1. The van der Waals surface area contributed by atoms with Crippen molar-refractivity contribution in [2.24, 2.45) is 10.4 Å². The largest absolute Gasteiger partial charge is 0.457 e. The fourth-order valence-electron chi connectivity index (χ4n) is 3.35. The van der Waals surface area contributed by atoms with Crippen LogP contribution in [0.4, 0.5) is 0 Å². The van der Waals surface area contributed by atoms with Gasteiger partial charge in [0.2, 0.25) is 0 Å². The number of aliphatic hydroxyl groups is 1. The standard InChI is InChI=1S/C22H29N3O3.HI/c1-23-21(25-16-22(11-13-26)12-14-27-17-22)24-15-18-7-5-6-10-20(18)28-19-8-3-2-4-9-19;/h2-10,26H,11-17H2,1H3,(H2,23,24,25);1H. The van der Waals surface area contributed by atoms with Crippen LogP contribution >= 0.6 is 24.0 Å². The monoisotopic (exact) mass is 511 g/mol. The molecule has 158 valence electrons. The summed E-state index contributed by atoms with van der Waals surface area (Å²) in [6.07, 6.45) is 1.68. The minimum atomic E-state index is -0.0271. The van der Waals surface area contributed by atoms with Crippen LogP contribution in [0.25, 0.3) is 0 Å². The molecule has 0 bridgehead atoms. The summed E-state index contributed by atoms with van der Waals surface area (Å²) in [5, 5.41) is 16.1. The molecule has 1 saturated heterocycles. The molecule has 0 aliphatic carbocycles. The van der Waals surface area contributed by atoms with E-state index in [9.17, 15) is 5.11 Å². The van der Waals surface area contributed by atoms with E-state index in [0.717, 1.165) is 49.0 Å². The SMILES string of the molecule is CN=C(NCc1ccccc1Oc1ccccc1)NCC1(CCO)CCOC1.I. The van der Waals surface area contributed by atoms with Crippen LogP contribution in [0.3, 0.4) is 0 Å². The van der Waals surface area contributed by atoms with Crippen molar-refractivity contribution in [3.05, 3.63) is 60.2 Å². The average molecular weight is 511 g/mol. The fourth-order valence-corrected chi connectivity index (χ4v) is 3.35. The number of aliphatic hydroxyl groups excluding tert-OH is 1. The molecule has 1 aliphatic heterocycles. The topological polar surface area (TPSA) is 75.1 Å². The predicted octanol–water partition coefficient (Wildman–Crippen LogP) is 3.55. The molecule has 0 spiro atoms. The Labute approximate surface area is 189 Å². The zero-order valence-electron chi connectivity index (χ0n) is 16.8. The van der Waals surface area contributed by atoms with Crippen LogP contribution in [-0.4, -0.2) is 44.5 Å². The predicted molar refractivity (Wildman–Crippen MR) is 126 cm³/mol. The van der Waals surface area contributed by atoms with E-state index in [0.29, 0.717) is 13.2 Å². The molecule has 0 amide bonds. The van der Waals surface area contributed by atoms with E-state index in [2.05, 4.69) is 15.6 Å². The molecule has 1 fully saturated rings. The average Bonchev–Trinajstić information content (AvgIpc) is 3.19. The fraction of sp³-hybridized carbons (Fsp3) is 0.409. The second-order valence-corrected chi connectivity index (χ2v) is 7.08. The Morgan fingerprint density at radius 3 is 2.59 bits per heavy atom. The third-order valence-electron chi connectivity index (χ3n) is 5.07. The Balaban J connectivity index is 0.00000300. The van der Waals surface area contributed by atoms with Crippen molar-refractivity contribution in [2.75, 3.05) is 33.4 Å². The molecule has 1 atom stereocenters. The number of nitrogens with one attached hydrogen (secondary N) is 2. The second-order valence-electron chi connectivity index (χ2n) is 7.08. The molecule has 3 rings (SSSR count). The normalized spacial score (nSPS) is 18.8. The highest BCUT2D eigenvalue weighted by molar-refractivity contribution is 14.0. The quantitative estimate of drug-likeness (QED) is 0.287. The van der Waals surface area contributed by atoms with Gasteiger partial charge >= 0.3 is 0 Å². The molecule has 2 aromatic carbocycles. The molecular weight excluding hydrogens is 481 g/mol. The lowest BCUT2D eigenvalue weighted by atomic mass is 9.84. The van der Waals surface area contributed by atoms with Crippen molar-refractivity contribution in [1.82, 2.24) is 10.6 Å². The molecule has 6 nitrogen and oxygen atoms in total. The van der Waals surface area contributed by atoms with Crippen molar-refractivity contribution < 1.29 is 14.6 Å². The zero-order chi connectivity index (χ0) is 19.7. The summed E-state index contributed by atoms with van der Waals surface area (Å²) in [5.41, 5.74) is 1.02. The first-order valence-electron chi connectivity index (χ1n) is 9.69. The highest BCUT2D eigenvalue weighted by Gasteiger charge is 2.34. The van der Waals surface area contributed by atoms with Gasteiger partial charge in [-0.05, 0) is 31.0 Å². The Hall–Kier alpha value is -1.84. The summed E-state index contributed by atoms with van der Waals surface area (Å²) in [6, 6.07) is 17.7. The highest BCUT2D eigenvalue weighted by Crippen LogP contribution is 2.31. The van der Waals surface area contributed by atoms with Gasteiger partial charge in [0.1, 0.15) is 11.5 Å². The summed E-state index contributed by atoms with van der Waals surface area (Å²) in [5.74, 6) is 2.35. The van der Waals surface area contributed by atoms with Crippen LogP contribution in [0.1, 0.15) is 18.4 Å². The van der Waals surface area contributed by atoms with E-state index in [1.54, 1.807) is 7.05 Å². The lowest BCUT2D eigenvalue weighted by molar-refractivity contribution is 0.127. The number of guanidine groups is 1. The maximum atomic E-state index is 9.37. The summed E-state index contributed by atoms with van der Waals surface area (Å²) in [7, 11) is 1.76. The van der Waals surface area contributed by atoms with Crippen LogP contribution in [0.5, 0.6) is 11.5 Å². The van der Waals surface area contributed by atoms with Crippen LogP contribution in [0.2, 0.25) is 0 Å². The molecule has 7 heteroatoms. The van der Waals surface area contributed by atoms with E-state index < -0.39 is 0 Å². The molecule has 3 N–H and O–H groups in total. The molecule has 1 aliphatic rings. The van der Waals surface area contributed by atoms with Gasteiger partial charge < -0.3 is 25.2 Å². The number of nitrogens with zero attached hydrogens (tertiary/aromatic N) is 1. The van der Waals surface area contributed by atoms with Crippen LogP contribution in [0.15, 0.2) is 59.6 Å². The van der Waals surface area contributed by atoms with Gasteiger partial charge in [-0.1, -0.05) is 36.4 Å². The van der Waals surface area contributed by atoms with Gasteiger partial charge in [0.25, 0.3) is 0 Å². The number of hydrogen-bond acceptors (Lipinski definition) is 4. The summed E-state index contributed by atoms with van der Waals surface area (Å²) < 4.78 is 11.6. The Morgan fingerprint density at radius 2 is 1.90 bits per heavy atom. The van der Waals surface area contributed by atoms with Gasteiger partial charge in [-0.15, -0.1) is 24.0 Å². The Bertz CT molecular complexity index is 765. The lowest BCUT2D eigenvalue weighted by Gasteiger charge is -2.27. The van der Waals surface area contributed by atoms with Crippen molar-refractivity contribution in [1.29, 1.82) is 0 Å². The molecule has 29 heavy (non-hydrogen) atoms. The summed E-state index contributed by atoms with van der Waals surface area (Å²) in [6.45, 7) is 2.89. The first-order valence-corrected chi connectivity index (χ1v) is 9.69. The summed E-state index contributed by atoms with van der Waals surface area (Å²) >= 11 is 0. The van der Waals surface area contributed by atoms with Gasteiger partial charge in [0.05, 0.1) is 6.61 Å². The highest BCUT2D eigenvalue weighted by atomic mass is 127. The maximum absolute atomic E-state index is 9.37. The molecule has 2 aromatic rings. The van der Waals surface area contributed by atoms with Crippen LogP contribution < -0.4 is 15.4 Å². The number of benzene rings is 2. The number of halogens is 1. The van der Waals surface area contributed by atoms with Crippen molar-refractivity contribution in [2.45, 2.75) is 19.4 Å².